The molecule has 0 aliphatic carbocycles. The Morgan fingerprint density at radius 2 is 1.47 bits per heavy atom. The Morgan fingerprint density at radius 3 is 2.07 bits per heavy atom. The second-order valence-corrected chi connectivity index (χ2v) is 5.00. The van der Waals surface area contributed by atoms with Crippen molar-refractivity contribution in [1.82, 2.24) is 0 Å². The number of fused-ring (bicyclic) bond motifs is 1. The summed E-state index contributed by atoms with van der Waals surface area (Å²) in [5, 5.41) is 2.43. The van der Waals surface area contributed by atoms with Crippen molar-refractivity contribution in [2.24, 2.45) is 0 Å². The number of rotatable bonds is 0. The minimum atomic E-state index is 0.160. The highest BCUT2D eigenvalue weighted by Gasteiger charge is 2.16. The molecule has 0 amide bonds. The lowest BCUT2D eigenvalue weighted by Crippen LogP contribution is -2.14. The topological polar surface area (TPSA) is 0 Å². The summed E-state index contributed by atoms with van der Waals surface area (Å²) in [5.74, 6) is 0. The van der Waals surface area contributed by atoms with Crippen LogP contribution < -0.4 is 5.46 Å². The minimum Gasteiger partial charge on any atom is -0.0890 e. The first-order chi connectivity index (χ1) is 7.00. The van der Waals surface area contributed by atoms with E-state index in [4.69, 9.17) is 7.85 Å². The van der Waals surface area contributed by atoms with Crippen molar-refractivity contribution in [2.45, 2.75) is 26.2 Å². The normalized spacial score (nSPS) is 11.9. The quantitative estimate of drug-likeness (QED) is 0.565. The van der Waals surface area contributed by atoms with Gasteiger partial charge in [-0.05, 0) is 21.8 Å². The smallest absolute Gasteiger partial charge is 0.0890 e. The molecule has 0 atom stereocenters. The Morgan fingerprint density at radius 1 is 0.867 bits per heavy atom. The monoisotopic (exact) mass is 194 g/mol. The predicted molar refractivity (Wildman–Crippen MR) is 68.0 cm³/mol. The van der Waals surface area contributed by atoms with Crippen molar-refractivity contribution in [3.8, 4) is 0 Å². The summed E-state index contributed by atoms with van der Waals surface area (Å²) in [4.78, 5) is 0. The van der Waals surface area contributed by atoms with Crippen LogP contribution in [0, 0.1) is 0 Å². The van der Waals surface area contributed by atoms with E-state index in [1.54, 1.807) is 0 Å². The summed E-state index contributed by atoms with van der Waals surface area (Å²) in [5.41, 5.74) is 2.37. The summed E-state index contributed by atoms with van der Waals surface area (Å²) in [6.07, 6.45) is 0. The molecule has 0 N–H and O–H groups in total. The zero-order valence-electron chi connectivity index (χ0n) is 9.54. The van der Waals surface area contributed by atoms with Crippen LogP contribution in [0.25, 0.3) is 10.8 Å². The molecule has 0 aromatic heterocycles. The molecule has 0 unspecified atom stereocenters. The molecule has 0 aliphatic rings. The minimum absolute atomic E-state index is 0.160. The molecule has 74 valence electrons. The van der Waals surface area contributed by atoms with Crippen LogP contribution >= 0.6 is 0 Å². The van der Waals surface area contributed by atoms with Crippen molar-refractivity contribution in [1.29, 1.82) is 0 Å². The molecular weight excluding hydrogens is 179 g/mol. The third-order valence-electron chi connectivity index (χ3n) is 2.77. The first-order valence-electron chi connectivity index (χ1n) is 5.28. The van der Waals surface area contributed by atoms with E-state index in [0.29, 0.717) is 0 Å². The van der Waals surface area contributed by atoms with E-state index in [2.05, 4.69) is 45.0 Å². The van der Waals surface area contributed by atoms with Gasteiger partial charge in [-0.2, -0.15) is 0 Å². The molecule has 0 fully saturated rings. The van der Waals surface area contributed by atoms with Gasteiger partial charge in [-0.1, -0.05) is 62.6 Å². The molecule has 0 nitrogen and oxygen atoms in total. The van der Waals surface area contributed by atoms with Crippen molar-refractivity contribution in [3.63, 3.8) is 0 Å². The van der Waals surface area contributed by atoms with Gasteiger partial charge < -0.3 is 0 Å². The first-order valence-corrected chi connectivity index (χ1v) is 5.28. The summed E-state index contributed by atoms with van der Waals surface area (Å²) >= 11 is 0. The highest BCUT2D eigenvalue weighted by molar-refractivity contribution is 6.38. The first kappa shape index (κ1) is 10.3. The van der Waals surface area contributed by atoms with Gasteiger partial charge in [0, 0.05) is 0 Å². The molecular formula is C14H15B. The molecule has 15 heavy (non-hydrogen) atoms. The summed E-state index contributed by atoms with van der Waals surface area (Å²) in [7, 11) is 5.97. The Hall–Kier alpha value is -1.24. The fourth-order valence-electron chi connectivity index (χ4n) is 1.98. The number of hydrogen-bond donors (Lipinski definition) is 0. The lowest BCUT2D eigenvalue weighted by atomic mass is 9.80. The maximum Gasteiger partial charge on any atom is 0.114 e. The van der Waals surface area contributed by atoms with Crippen molar-refractivity contribution >= 4 is 24.1 Å². The Labute approximate surface area is 92.7 Å². The third-order valence-corrected chi connectivity index (χ3v) is 2.77. The van der Waals surface area contributed by atoms with Gasteiger partial charge in [0.25, 0.3) is 0 Å². The van der Waals surface area contributed by atoms with E-state index in [1.165, 1.54) is 10.9 Å². The van der Waals surface area contributed by atoms with Gasteiger partial charge in [0.15, 0.2) is 0 Å². The molecule has 1 heteroatoms. The molecule has 0 bridgehead atoms. The van der Waals surface area contributed by atoms with Gasteiger partial charge in [0.1, 0.15) is 7.85 Å². The molecule has 0 aliphatic heterocycles. The average Bonchev–Trinajstić information content (AvgIpc) is 2.17. The van der Waals surface area contributed by atoms with Crippen LogP contribution in [0.1, 0.15) is 26.3 Å². The summed E-state index contributed by atoms with van der Waals surface area (Å²) < 4.78 is 0. The molecule has 0 heterocycles. The SMILES string of the molecule is [B]c1ccc(C(C)(C)C)c2ccccc12. The van der Waals surface area contributed by atoms with Gasteiger partial charge >= 0.3 is 0 Å². The van der Waals surface area contributed by atoms with E-state index in [-0.39, 0.29) is 5.41 Å². The number of hydrogen-bond acceptors (Lipinski definition) is 0. The van der Waals surface area contributed by atoms with Gasteiger partial charge in [-0.25, -0.2) is 0 Å². The molecule has 0 saturated heterocycles. The molecule has 0 saturated carbocycles. The second kappa shape index (κ2) is 3.41. The molecule has 2 rings (SSSR count). The van der Waals surface area contributed by atoms with Gasteiger partial charge in [0.05, 0.1) is 0 Å². The molecule has 2 aromatic carbocycles. The summed E-state index contributed by atoms with van der Waals surface area (Å²) in [6, 6.07) is 12.5. The van der Waals surface area contributed by atoms with Crippen molar-refractivity contribution in [3.05, 3.63) is 42.0 Å². The largest absolute Gasteiger partial charge is 0.114 e. The van der Waals surface area contributed by atoms with Crippen LogP contribution in [-0.2, 0) is 5.41 Å². The van der Waals surface area contributed by atoms with Crippen molar-refractivity contribution in [2.75, 3.05) is 0 Å². The fourth-order valence-corrected chi connectivity index (χ4v) is 1.98. The van der Waals surface area contributed by atoms with Crippen LogP contribution in [0.3, 0.4) is 0 Å². The van der Waals surface area contributed by atoms with E-state index in [9.17, 15) is 0 Å². The maximum atomic E-state index is 5.97. The zero-order chi connectivity index (χ0) is 11.1. The molecule has 2 radical (unpaired) electrons. The third kappa shape index (κ3) is 1.79. The lowest BCUT2D eigenvalue weighted by Gasteiger charge is -2.22. The second-order valence-electron chi connectivity index (χ2n) is 5.00. The van der Waals surface area contributed by atoms with Crippen LogP contribution in [-0.4, -0.2) is 7.85 Å². The zero-order valence-corrected chi connectivity index (χ0v) is 9.54. The Kier molecular flexibility index (Phi) is 2.34. The fraction of sp³-hybridized carbons (Fsp3) is 0.286. The predicted octanol–water partition coefficient (Wildman–Crippen LogP) is 2.93. The van der Waals surface area contributed by atoms with Gasteiger partial charge in [-0.3, -0.25) is 0 Å². The number of benzene rings is 2. The highest BCUT2D eigenvalue weighted by atomic mass is 14.2. The van der Waals surface area contributed by atoms with Gasteiger partial charge in [0.2, 0.25) is 0 Å². The molecule has 0 spiro atoms. The van der Waals surface area contributed by atoms with Crippen molar-refractivity contribution < 1.29 is 0 Å². The van der Waals surface area contributed by atoms with E-state index < -0.39 is 0 Å². The highest BCUT2D eigenvalue weighted by Crippen LogP contribution is 2.28. The van der Waals surface area contributed by atoms with Crippen LogP contribution in [0.15, 0.2) is 36.4 Å². The molecule has 2 aromatic rings. The lowest BCUT2D eigenvalue weighted by molar-refractivity contribution is 0.596. The van der Waals surface area contributed by atoms with Crippen LogP contribution in [0.4, 0.5) is 0 Å². The standard InChI is InChI=1S/C14H15B/c1-14(2,3)12-8-9-13(15)11-7-5-4-6-10(11)12/h4-9H,1-3H3. The Balaban J connectivity index is 2.84. The Bertz CT molecular complexity index is 492. The van der Waals surface area contributed by atoms with Crippen LogP contribution in [0.5, 0.6) is 0 Å². The van der Waals surface area contributed by atoms with E-state index in [0.717, 1.165) is 10.8 Å². The average molecular weight is 194 g/mol. The van der Waals surface area contributed by atoms with E-state index >= 15 is 0 Å². The summed E-state index contributed by atoms with van der Waals surface area (Å²) in [6.45, 7) is 6.68. The van der Waals surface area contributed by atoms with Crippen LogP contribution in [0.2, 0.25) is 0 Å². The van der Waals surface area contributed by atoms with E-state index in [1.807, 2.05) is 12.1 Å². The van der Waals surface area contributed by atoms with Gasteiger partial charge in [-0.15, -0.1) is 0 Å². The maximum absolute atomic E-state index is 5.97.